The molecule has 1 saturated carbocycles. The summed E-state index contributed by atoms with van der Waals surface area (Å²) >= 11 is 0. The lowest BCUT2D eigenvalue weighted by Gasteiger charge is -2.34. The summed E-state index contributed by atoms with van der Waals surface area (Å²) < 4.78 is 22.2. The Labute approximate surface area is 217 Å². The number of piperidine rings is 1. The second kappa shape index (κ2) is 7.89. The van der Waals surface area contributed by atoms with Crippen LogP contribution in [0.1, 0.15) is 59.4 Å². The summed E-state index contributed by atoms with van der Waals surface area (Å²) in [6.45, 7) is 2.56. The van der Waals surface area contributed by atoms with Crippen molar-refractivity contribution in [2.24, 2.45) is 5.41 Å². The maximum atomic E-state index is 14.4. The number of rotatable bonds is 3. The number of halogens is 1. The number of oxazole rings is 1. The lowest BCUT2D eigenvalue weighted by Crippen LogP contribution is -2.41. The minimum Gasteiger partial charge on any atom is -0.438 e. The maximum Gasteiger partial charge on any atom is 0.258 e. The van der Waals surface area contributed by atoms with Gasteiger partial charge in [-0.1, -0.05) is 6.07 Å². The van der Waals surface area contributed by atoms with Gasteiger partial charge < -0.3 is 19.2 Å². The van der Waals surface area contributed by atoms with Crippen LogP contribution < -0.4 is 4.90 Å². The van der Waals surface area contributed by atoms with E-state index in [1.165, 1.54) is 31.7 Å². The van der Waals surface area contributed by atoms with Crippen LogP contribution >= 0.6 is 0 Å². The molecule has 1 aliphatic carbocycles. The highest BCUT2D eigenvalue weighted by molar-refractivity contribution is 6.01. The number of carbonyl (C=O) groups is 1. The number of aromatic nitrogens is 5. The van der Waals surface area contributed by atoms with Crippen molar-refractivity contribution in [3.8, 4) is 0 Å². The lowest BCUT2D eigenvalue weighted by atomic mass is 9.93. The number of nitrogens with one attached hydrogen (secondary N) is 1. The van der Waals surface area contributed by atoms with Crippen molar-refractivity contribution in [1.82, 2.24) is 29.5 Å². The van der Waals surface area contributed by atoms with Crippen LogP contribution in [0.5, 0.6) is 0 Å². The number of para-hydroxylation sites is 1. The highest BCUT2D eigenvalue weighted by Gasteiger charge is 2.44. The number of imidazole rings is 1. The molecule has 1 N–H and O–H groups in total. The van der Waals surface area contributed by atoms with E-state index in [4.69, 9.17) is 4.42 Å². The number of hydrogen-bond acceptors (Lipinski definition) is 6. The number of nitrogens with zero attached hydrogens (tertiary/aromatic N) is 6. The van der Waals surface area contributed by atoms with Gasteiger partial charge in [0.15, 0.2) is 17.4 Å². The highest BCUT2D eigenvalue weighted by Crippen LogP contribution is 2.53. The number of aromatic amines is 1. The molecule has 1 aromatic carbocycles. The van der Waals surface area contributed by atoms with E-state index in [0.29, 0.717) is 35.2 Å². The second-order valence-electron chi connectivity index (χ2n) is 10.8. The maximum absolute atomic E-state index is 14.4. The molecule has 1 amide bonds. The number of anilines is 1. The summed E-state index contributed by atoms with van der Waals surface area (Å²) in [7, 11) is 0. The number of H-pyrrole nitrogens is 1. The van der Waals surface area contributed by atoms with Gasteiger partial charge in [0, 0.05) is 31.7 Å². The third kappa shape index (κ3) is 3.28. The summed E-state index contributed by atoms with van der Waals surface area (Å²) in [5, 5.41) is 4.54. The molecule has 38 heavy (non-hydrogen) atoms. The van der Waals surface area contributed by atoms with E-state index in [0.717, 1.165) is 30.0 Å². The van der Waals surface area contributed by atoms with Crippen LogP contribution in [0.25, 0.3) is 16.6 Å². The first kappa shape index (κ1) is 21.8. The Bertz CT molecular complexity index is 1700. The summed E-state index contributed by atoms with van der Waals surface area (Å²) in [6, 6.07) is 7.98. The van der Waals surface area contributed by atoms with Crippen molar-refractivity contribution in [3.05, 3.63) is 77.7 Å². The molecule has 8 rings (SSSR count). The van der Waals surface area contributed by atoms with Crippen molar-refractivity contribution in [2.45, 2.75) is 38.1 Å². The van der Waals surface area contributed by atoms with E-state index >= 15 is 0 Å². The molecule has 3 aliphatic rings. The van der Waals surface area contributed by atoms with Gasteiger partial charge in [-0.2, -0.15) is 5.10 Å². The van der Waals surface area contributed by atoms with E-state index in [-0.39, 0.29) is 17.3 Å². The number of carbonyl (C=O) groups excluding carboxylic acids is 1. The van der Waals surface area contributed by atoms with E-state index in [1.807, 2.05) is 12.3 Å². The van der Waals surface area contributed by atoms with Crippen LogP contribution in [-0.4, -0.2) is 55.0 Å². The molecule has 4 aromatic heterocycles. The number of hydrogen-bond donors (Lipinski definition) is 1. The fraction of sp³-hybridized carbons (Fsp3) is 0.357. The monoisotopic (exact) mass is 511 g/mol. The van der Waals surface area contributed by atoms with Crippen LogP contribution in [0.2, 0.25) is 0 Å². The van der Waals surface area contributed by atoms with Gasteiger partial charge in [-0.05, 0) is 55.4 Å². The SMILES string of the molecule is O=C(c1cnn2cc(N3CCC4(CC3)CC4)ccc12)N1CCc2[nH]cnc2[C@H]1c1nc2c(F)cccc2o1. The molecule has 0 radical (unpaired) electrons. The smallest absolute Gasteiger partial charge is 0.258 e. The lowest BCUT2D eigenvalue weighted by molar-refractivity contribution is 0.0669. The molecular weight excluding hydrogens is 485 g/mol. The Morgan fingerprint density at radius 2 is 1.97 bits per heavy atom. The molecule has 2 fully saturated rings. The average Bonchev–Trinajstić information content (AvgIpc) is 3.33. The van der Waals surface area contributed by atoms with Crippen molar-refractivity contribution in [3.63, 3.8) is 0 Å². The Kier molecular flexibility index (Phi) is 4.54. The van der Waals surface area contributed by atoms with Gasteiger partial charge in [0.05, 0.1) is 41.2 Å². The Balaban J connectivity index is 1.14. The number of fused-ring (bicyclic) bond motifs is 3. The number of benzene rings is 1. The van der Waals surface area contributed by atoms with Crippen LogP contribution in [0.15, 0.2) is 53.5 Å². The first-order valence-electron chi connectivity index (χ1n) is 13.2. The normalized spacial score (nSPS) is 20.4. The average molecular weight is 512 g/mol. The van der Waals surface area contributed by atoms with Gasteiger partial charge in [0.2, 0.25) is 5.89 Å². The van der Waals surface area contributed by atoms with Gasteiger partial charge in [0.25, 0.3) is 5.91 Å². The third-order valence-corrected chi connectivity index (χ3v) is 8.68. The molecule has 5 aromatic rings. The molecule has 1 saturated heterocycles. The summed E-state index contributed by atoms with van der Waals surface area (Å²) in [6.07, 6.45) is 11.1. The predicted molar refractivity (Wildman–Crippen MR) is 137 cm³/mol. The number of amides is 1. The Morgan fingerprint density at radius 3 is 2.79 bits per heavy atom. The van der Waals surface area contributed by atoms with Crippen LogP contribution in [0.3, 0.4) is 0 Å². The standard InChI is InChI=1S/C28H26FN7O2/c29-19-2-1-3-22-23(19)33-26(38-22)25-24-20(30-16-31-24)6-11-35(25)27(37)18-14-32-36-15-17(4-5-21(18)36)34-12-9-28(7-8-28)10-13-34/h1-5,14-16,25H,6-13H2,(H,30,31)/t25-/m0/s1. The molecule has 0 unspecified atom stereocenters. The fourth-order valence-electron chi connectivity index (χ4n) is 6.19. The Morgan fingerprint density at radius 1 is 1.11 bits per heavy atom. The van der Waals surface area contributed by atoms with Gasteiger partial charge in [-0.3, -0.25) is 4.79 Å². The zero-order valence-corrected chi connectivity index (χ0v) is 20.7. The molecule has 0 bridgehead atoms. The minimum atomic E-state index is -0.679. The first-order chi connectivity index (χ1) is 18.6. The van der Waals surface area contributed by atoms with Gasteiger partial charge in [0.1, 0.15) is 5.52 Å². The van der Waals surface area contributed by atoms with Crippen molar-refractivity contribution in [2.75, 3.05) is 24.5 Å². The molecule has 10 heteroatoms. The molecule has 9 nitrogen and oxygen atoms in total. The molecule has 192 valence electrons. The zero-order valence-electron chi connectivity index (χ0n) is 20.7. The van der Waals surface area contributed by atoms with E-state index in [1.54, 1.807) is 34.1 Å². The predicted octanol–water partition coefficient (Wildman–Crippen LogP) is 4.51. The van der Waals surface area contributed by atoms with E-state index in [9.17, 15) is 9.18 Å². The summed E-state index contributed by atoms with van der Waals surface area (Å²) in [4.78, 5) is 30.2. The molecular formula is C28H26FN7O2. The van der Waals surface area contributed by atoms with Crippen LogP contribution in [-0.2, 0) is 6.42 Å². The summed E-state index contributed by atoms with van der Waals surface area (Å²) in [5.41, 5.74) is 5.04. The van der Waals surface area contributed by atoms with Gasteiger partial charge in [-0.15, -0.1) is 0 Å². The largest absolute Gasteiger partial charge is 0.438 e. The van der Waals surface area contributed by atoms with Gasteiger partial charge >= 0.3 is 0 Å². The van der Waals surface area contributed by atoms with E-state index in [2.05, 4.69) is 31.0 Å². The summed E-state index contributed by atoms with van der Waals surface area (Å²) in [5.74, 6) is -0.417. The number of pyridine rings is 1. The molecule has 2 aliphatic heterocycles. The zero-order chi connectivity index (χ0) is 25.4. The Hall–Kier alpha value is -4.21. The quantitative estimate of drug-likeness (QED) is 0.383. The van der Waals surface area contributed by atoms with Crippen molar-refractivity contribution < 1.29 is 13.6 Å². The minimum absolute atomic E-state index is 0.145. The third-order valence-electron chi connectivity index (χ3n) is 8.68. The molecule has 1 spiro atoms. The molecule has 1 atom stereocenters. The fourth-order valence-corrected chi connectivity index (χ4v) is 6.19. The van der Waals surface area contributed by atoms with Crippen molar-refractivity contribution in [1.29, 1.82) is 0 Å². The van der Waals surface area contributed by atoms with Crippen LogP contribution in [0, 0.1) is 11.2 Å². The van der Waals surface area contributed by atoms with Crippen molar-refractivity contribution >= 4 is 28.2 Å². The first-order valence-corrected chi connectivity index (χ1v) is 13.2. The topological polar surface area (TPSA) is 95.6 Å². The van der Waals surface area contributed by atoms with E-state index < -0.39 is 11.9 Å². The van der Waals surface area contributed by atoms with Crippen LogP contribution in [0.4, 0.5) is 10.1 Å². The van der Waals surface area contributed by atoms with Gasteiger partial charge in [-0.25, -0.2) is 18.9 Å². The second-order valence-corrected chi connectivity index (χ2v) is 10.8. The highest BCUT2D eigenvalue weighted by atomic mass is 19.1. The molecule has 6 heterocycles.